The lowest BCUT2D eigenvalue weighted by Gasteiger charge is -2.11. The highest BCUT2D eigenvalue weighted by atomic mass is 35.5. The van der Waals surface area contributed by atoms with Crippen molar-refractivity contribution >= 4 is 52.5 Å². The van der Waals surface area contributed by atoms with Crippen LogP contribution < -0.4 is 10.6 Å². The van der Waals surface area contributed by atoms with Crippen LogP contribution in [0.5, 0.6) is 0 Å². The topological polar surface area (TPSA) is 58.2 Å². The molecule has 0 heterocycles. The molecule has 2 aromatic rings. The van der Waals surface area contributed by atoms with Crippen molar-refractivity contribution in [1.29, 1.82) is 0 Å². The minimum atomic E-state index is -0.260. The number of nitrogens with one attached hydrogen (secondary N) is 2. The molecule has 7 heteroatoms. The van der Waals surface area contributed by atoms with Crippen LogP contribution in [0.25, 0.3) is 0 Å². The van der Waals surface area contributed by atoms with Crippen LogP contribution in [0, 0.1) is 0 Å². The summed E-state index contributed by atoms with van der Waals surface area (Å²) in [7, 11) is 0. The second kappa shape index (κ2) is 10.3. The number of carbonyl (C=O) groups excluding carboxylic acids is 2. The van der Waals surface area contributed by atoms with E-state index in [9.17, 15) is 9.59 Å². The second-order valence-corrected chi connectivity index (χ2v) is 7.13. The van der Waals surface area contributed by atoms with E-state index in [0.29, 0.717) is 33.6 Å². The number of hydrogen-bond donors (Lipinski definition) is 2. The third kappa shape index (κ3) is 6.09. The Balaban J connectivity index is 1.90. The number of thioether (sulfide) groups is 1. The smallest absolute Gasteiger partial charge is 0.253 e. The van der Waals surface area contributed by atoms with Crippen LogP contribution in [0.2, 0.25) is 10.0 Å². The summed E-state index contributed by atoms with van der Waals surface area (Å²) in [5.41, 5.74) is 1.88. The summed E-state index contributed by atoms with van der Waals surface area (Å²) < 4.78 is 0. The molecule has 0 aromatic heterocycles. The van der Waals surface area contributed by atoms with Crippen molar-refractivity contribution in [3.05, 3.63) is 76.3 Å². The van der Waals surface area contributed by atoms with Gasteiger partial charge in [0.15, 0.2) is 0 Å². The zero-order chi connectivity index (χ0) is 18.9. The number of hydrogen-bond acceptors (Lipinski definition) is 3. The van der Waals surface area contributed by atoms with Gasteiger partial charge in [-0.3, -0.25) is 9.59 Å². The Bertz CT molecular complexity index is 812. The molecule has 0 fully saturated rings. The molecule has 0 aliphatic heterocycles. The Hall–Kier alpha value is -1.95. The molecule has 0 atom stereocenters. The molecule has 2 N–H and O–H groups in total. The maximum Gasteiger partial charge on any atom is 0.253 e. The third-order valence-corrected chi connectivity index (χ3v) is 5.08. The first-order chi connectivity index (χ1) is 12.5. The summed E-state index contributed by atoms with van der Waals surface area (Å²) in [6.45, 7) is 3.92. The molecule has 0 spiro atoms. The van der Waals surface area contributed by atoms with E-state index in [-0.39, 0.29) is 17.6 Å². The van der Waals surface area contributed by atoms with E-state index < -0.39 is 0 Å². The fourth-order valence-electron chi connectivity index (χ4n) is 2.13. The molecule has 4 nitrogen and oxygen atoms in total. The van der Waals surface area contributed by atoms with Crippen LogP contribution in [-0.2, 0) is 10.5 Å². The molecule has 26 heavy (non-hydrogen) atoms. The number of benzene rings is 2. The highest BCUT2D eigenvalue weighted by Gasteiger charge is 2.12. The molecule has 0 unspecified atom stereocenters. The van der Waals surface area contributed by atoms with Gasteiger partial charge in [0.1, 0.15) is 0 Å². The van der Waals surface area contributed by atoms with Crippen molar-refractivity contribution in [2.24, 2.45) is 0 Å². The molecule has 136 valence electrons. The molecule has 0 bridgehead atoms. The fraction of sp³-hybridized carbons (Fsp3) is 0.158. The highest BCUT2D eigenvalue weighted by molar-refractivity contribution is 7.99. The number of anilines is 1. The van der Waals surface area contributed by atoms with Crippen LogP contribution in [-0.4, -0.2) is 24.1 Å². The second-order valence-electron chi connectivity index (χ2n) is 5.33. The van der Waals surface area contributed by atoms with Crippen molar-refractivity contribution in [1.82, 2.24) is 5.32 Å². The number of halogens is 2. The van der Waals surface area contributed by atoms with Gasteiger partial charge in [-0.15, -0.1) is 18.3 Å². The van der Waals surface area contributed by atoms with Gasteiger partial charge in [-0.05, 0) is 29.8 Å². The average Bonchev–Trinajstić information content (AvgIpc) is 2.63. The van der Waals surface area contributed by atoms with Crippen molar-refractivity contribution in [2.75, 3.05) is 17.6 Å². The monoisotopic (exact) mass is 408 g/mol. The molecule has 0 saturated carbocycles. The first kappa shape index (κ1) is 20.4. The van der Waals surface area contributed by atoms with Gasteiger partial charge in [0.25, 0.3) is 5.91 Å². The predicted molar refractivity (Wildman–Crippen MR) is 110 cm³/mol. The number of para-hydroxylation sites is 1. The standard InChI is InChI=1S/C19H18Cl2N2O2S/c1-2-9-22-19(25)14-5-3-4-6-17(14)23-18(24)12-26-11-13-7-8-15(20)16(21)10-13/h2-8,10H,1,9,11-12H2,(H,22,25)(H,23,24). The van der Waals surface area contributed by atoms with E-state index in [4.69, 9.17) is 23.2 Å². The molecule has 0 aliphatic rings. The largest absolute Gasteiger partial charge is 0.349 e. The van der Waals surface area contributed by atoms with Crippen LogP contribution in [0.4, 0.5) is 5.69 Å². The van der Waals surface area contributed by atoms with Crippen molar-refractivity contribution < 1.29 is 9.59 Å². The summed E-state index contributed by atoms with van der Waals surface area (Å²) in [6, 6.07) is 12.3. The maximum absolute atomic E-state index is 12.2. The minimum absolute atomic E-state index is 0.181. The normalized spacial score (nSPS) is 10.2. The molecule has 2 rings (SSSR count). The van der Waals surface area contributed by atoms with Crippen molar-refractivity contribution in [3.8, 4) is 0 Å². The van der Waals surface area contributed by atoms with Crippen LogP contribution in [0.3, 0.4) is 0 Å². The van der Waals surface area contributed by atoms with Gasteiger partial charge in [0, 0.05) is 12.3 Å². The summed E-state index contributed by atoms with van der Waals surface area (Å²) in [4.78, 5) is 24.3. The lowest BCUT2D eigenvalue weighted by Crippen LogP contribution is -2.25. The van der Waals surface area contributed by atoms with E-state index in [2.05, 4.69) is 17.2 Å². The Kier molecular flexibility index (Phi) is 8.04. The minimum Gasteiger partial charge on any atom is -0.349 e. The lowest BCUT2D eigenvalue weighted by atomic mass is 10.1. The van der Waals surface area contributed by atoms with Crippen molar-refractivity contribution in [2.45, 2.75) is 5.75 Å². The highest BCUT2D eigenvalue weighted by Crippen LogP contribution is 2.24. The van der Waals surface area contributed by atoms with E-state index in [1.54, 1.807) is 42.5 Å². The molecular weight excluding hydrogens is 391 g/mol. The van der Waals surface area contributed by atoms with Gasteiger partial charge in [-0.1, -0.05) is 47.5 Å². The SMILES string of the molecule is C=CCNC(=O)c1ccccc1NC(=O)CSCc1ccc(Cl)c(Cl)c1. The van der Waals surface area contributed by atoms with Crippen LogP contribution in [0.15, 0.2) is 55.1 Å². The zero-order valence-electron chi connectivity index (χ0n) is 13.9. The quantitative estimate of drug-likeness (QED) is 0.617. The average molecular weight is 409 g/mol. The Morgan fingerprint density at radius 2 is 1.88 bits per heavy atom. The van der Waals surface area contributed by atoms with E-state index in [1.165, 1.54) is 11.8 Å². The van der Waals surface area contributed by atoms with Gasteiger partial charge < -0.3 is 10.6 Å². The zero-order valence-corrected chi connectivity index (χ0v) is 16.3. The summed E-state index contributed by atoms with van der Waals surface area (Å²) >= 11 is 13.3. The van der Waals surface area contributed by atoms with Crippen LogP contribution in [0.1, 0.15) is 15.9 Å². The molecular formula is C19H18Cl2N2O2S. The van der Waals surface area contributed by atoms with Gasteiger partial charge in [-0.2, -0.15) is 0 Å². The lowest BCUT2D eigenvalue weighted by molar-refractivity contribution is -0.113. The van der Waals surface area contributed by atoms with Gasteiger partial charge in [0.2, 0.25) is 5.91 Å². The van der Waals surface area contributed by atoms with Gasteiger partial charge in [0.05, 0.1) is 27.0 Å². The number of amides is 2. The summed E-state index contributed by atoms with van der Waals surface area (Å²) in [5, 5.41) is 6.48. The maximum atomic E-state index is 12.2. The molecule has 0 aliphatic carbocycles. The Morgan fingerprint density at radius 1 is 1.12 bits per heavy atom. The van der Waals surface area contributed by atoms with E-state index >= 15 is 0 Å². The number of carbonyl (C=O) groups is 2. The van der Waals surface area contributed by atoms with Gasteiger partial charge in [-0.25, -0.2) is 0 Å². The molecule has 2 aromatic carbocycles. The number of rotatable bonds is 8. The summed E-state index contributed by atoms with van der Waals surface area (Å²) in [6.07, 6.45) is 1.60. The van der Waals surface area contributed by atoms with Crippen molar-refractivity contribution in [3.63, 3.8) is 0 Å². The van der Waals surface area contributed by atoms with Crippen LogP contribution >= 0.6 is 35.0 Å². The van der Waals surface area contributed by atoms with E-state index in [0.717, 1.165) is 5.56 Å². The fourth-order valence-corrected chi connectivity index (χ4v) is 3.22. The molecule has 2 amide bonds. The Morgan fingerprint density at radius 3 is 2.62 bits per heavy atom. The predicted octanol–water partition coefficient (Wildman–Crippen LogP) is 4.78. The summed E-state index contributed by atoms with van der Waals surface area (Å²) in [5.74, 6) is 0.442. The van der Waals surface area contributed by atoms with Gasteiger partial charge >= 0.3 is 0 Å². The molecule has 0 radical (unpaired) electrons. The first-order valence-corrected chi connectivity index (χ1v) is 9.72. The van der Waals surface area contributed by atoms with E-state index in [1.807, 2.05) is 6.07 Å². The molecule has 0 saturated heterocycles. The first-order valence-electron chi connectivity index (χ1n) is 7.81. The Labute approximate surface area is 167 Å². The third-order valence-electron chi connectivity index (χ3n) is 3.34.